The summed E-state index contributed by atoms with van der Waals surface area (Å²) in [4.78, 5) is 21.2. The Morgan fingerprint density at radius 1 is 1.29 bits per heavy atom. The number of ether oxygens (including phenoxy) is 1. The maximum absolute atomic E-state index is 14.7. The number of anilines is 3. The molecule has 0 unspecified atom stereocenters. The van der Waals surface area contributed by atoms with Crippen LogP contribution in [0.1, 0.15) is 18.7 Å². The summed E-state index contributed by atoms with van der Waals surface area (Å²) in [5.41, 5.74) is 1.10. The smallest absolute Gasteiger partial charge is 0.301 e. The van der Waals surface area contributed by atoms with Crippen molar-refractivity contribution < 1.29 is 13.5 Å². The summed E-state index contributed by atoms with van der Waals surface area (Å²) in [6.07, 6.45) is 1.46. The maximum Gasteiger partial charge on any atom is 0.301 e. The van der Waals surface area contributed by atoms with Crippen LogP contribution in [0, 0.1) is 12.8 Å². The van der Waals surface area contributed by atoms with Crippen LogP contribution >= 0.6 is 11.6 Å². The molecule has 1 aromatic carbocycles. The SMILES string of the molecule is Cc1nc(Cl)cc(Nc2ccc3c(c2)c2c(c(=O)n3C)OCC(F)(F)[C@H](C3CC3)N2)n1. The van der Waals surface area contributed by atoms with E-state index >= 15 is 0 Å². The van der Waals surface area contributed by atoms with Crippen LogP contribution in [-0.2, 0) is 7.05 Å². The largest absolute Gasteiger partial charge is 0.480 e. The van der Waals surface area contributed by atoms with Crippen LogP contribution < -0.4 is 20.9 Å². The predicted octanol–water partition coefficient (Wildman–Crippen LogP) is 4.25. The number of fused-ring (bicyclic) bond motifs is 3. The van der Waals surface area contributed by atoms with Gasteiger partial charge in [0.25, 0.3) is 5.56 Å². The number of aromatic nitrogens is 3. The first-order valence-electron chi connectivity index (χ1n) is 9.95. The number of pyridine rings is 1. The van der Waals surface area contributed by atoms with Gasteiger partial charge in [0.05, 0.1) is 17.2 Å². The van der Waals surface area contributed by atoms with Crippen molar-refractivity contribution in [3.05, 3.63) is 45.6 Å². The number of nitrogens with one attached hydrogen (secondary N) is 2. The van der Waals surface area contributed by atoms with E-state index in [9.17, 15) is 13.6 Å². The third-order valence-electron chi connectivity index (χ3n) is 5.69. The summed E-state index contributed by atoms with van der Waals surface area (Å²) < 4.78 is 36.2. The maximum atomic E-state index is 14.7. The zero-order valence-corrected chi connectivity index (χ0v) is 17.6. The van der Waals surface area contributed by atoms with Gasteiger partial charge in [0.15, 0.2) is 6.61 Å². The highest BCUT2D eigenvalue weighted by atomic mass is 35.5. The molecule has 3 heterocycles. The topological polar surface area (TPSA) is 81.1 Å². The molecule has 1 fully saturated rings. The van der Waals surface area contributed by atoms with Gasteiger partial charge in [-0.25, -0.2) is 18.7 Å². The van der Waals surface area contributed by atoms with E-state index in [0.29, 0.717) is 39.1 Å². The Hall–Kier alpha value is -2.94. The Labute approximate surface area is 181 Å². The molecule has 5 rings (SSSR count). The summed E-state index contributed by atoms with van der Waals surface area (Å²) in [6, 6.07) is 5.83. The van der Waals surface area contributed by atoms with Crippen LogP contribution in [0.5, 0.6) is 5.75 Å². The molecule has 0 radical (unpaired) electrons. The highest BCUT2D eigenvalue weighted by Gasteiger charge is 2.51. The van der Waals surface area contributed by atoms with Gasteiger partial charge in [-0.05, 0) is 43.9 Å². The molecule has 1 aliphatic heterocycles. The number of benzene rings is 1. The number of aryl methyl sites for hydroxylation is 2. The molecular weight excluding hydrogens is 428 g/mol. The van der Waals surface area contributed by atoms with E-state index in [2.05, 4.69) is 20.6 Å². The Kier molecular flexibility index (Phi) is 4.55. The fourth-order valence-electron chi connectivity index (χ4n) is 4.03. The van der Waals surface area contributed by atoms with Crippen molar-refractivity contribution in [3.63, 3.8) is 0 Å². The molecule has 0 bridgehead atoms. The second-order valence-corrected chi connectivity index (χ2v) is 8.44. The van der Waals surface area contributed by atoms with Crippen LogP contribution in [0.2, 0.25) is 5.15 Å². The van der Waals surface area contributed by atoms with Gasteiger partial charge in [0.2, 0.25) is 5.75 Å². The van der Waals surface area contributed by atoms with E-state index in [1.165, 1.54) is 4.57 Å². The zero-order valence-electron chi connectivity index (χ0n) is 16.9. The summed E-state index contributed by atoms with van der Waals surface area (Å²) in [5.74, 6) is -2.30. The summed E-state index contributed by atoms with van der Waals surface area (Å²) in [5, 5.41) is 7.03. The van der Waals surface area contributed by atoms with Gasteiger partial charge in [-0.2, -0.15) is 0 Å². The fourth-order valence-corrected chi connectivity index (χ4v) is 4.26. The quantitative estimate of drug-likeness (QED) is 0.584. The molecule has 10 heteroatoms. The molecule has 31 heavy (non-hydrogen) atoms. The second-order valence-electron chi connectivity index (χ2n) is 8.06. The molecule has 0 amide bonds. The van der Waals surface area contributed by atoms with Crippen LogP contribution in [-0.4, -0.2) is 33.1 Å². The van der Waals surface area contributed by atoms with E-state index in [-0.39, 0.29) is 11.7 Å². The Morgan fingerprint density at radius 3 is 2.77 bits per heavy atom. The predicted molar refractivity (Wildman–Crippen MR) is 115 cm³/mol. The van der Waals surface area contributed by atoms with E-state index in [1.807, 2.05) is 0 Å². The minimum absolute atomic E-state index is 0.0871. The lowest BCUT2D eigenvalue weighted by Gasteiger charge is -2.25. The second kappa shape index (κ2) is 7.05. The Balaban J connectivity index is 1.64. The average molecular weight is 448 g/mol. The third kappa shape index (κ3) is 3.56. The van der Waals surface area contributed by atoms with Crippen LogP contribution in [0.15, 0.2) is 29.1 Å². The normalized spacial score (nSPS) is 19.8. The molecule has 2 N–H and O–H groups in total. The van der Waals surface area contributed by atoms with Crippen molar-refractivity contribution in [3.8, 4) is 5.75 Å². The van der Waals surface area contributed by atoms with E-state index in [1.54, 1.807) is 38.2 Å². The van der Waals surface area contributed by atoms with E-state index < -0.39 is 24.1 Å². The van der Waals surface area contributed by atoms with Crippen LogP contribution in [0.4, 0.5) is 26.0 Å². The van der Waals surface area contributed by atoms with Gasteiger partial charge in [-0.1, -0.05) is 11.6 Å². The fraction of sp³-hybridized carbons (Fsp3) is 0.381. The van der Waals surface area contributed by atoms with Gasteiger partial charge in [0, 0.05) is 24.2 Å². The number of nitrogens with zero attached hydrogens (tertiary/aromatic N) is 3. The van der Waals surface area contributed by atoms with Gasteiger partial charge >= 0.3 is 5.92 Å². The molecule has 0 saturated heterocycles. The summed E-state index contributed by atoms with van der Waals surface area (Å²) in [6.45, 7) is 0.901. The molecule has 2 aliphatic rings. The Morgan fingerprint density at radius 2 is 2.06 bits per heavy atom. The molecular formula is C21H20ClF2N5O2. The number of rotatable bonds is 3. The minimum atomic E-state index is -3.08. The first kappa shape index (κ1) is 20.0. The number of hydrogen-bond acceptors (Lipinski definition) is 6. The number of halogens is 3. The van der Waals surface area contributed by atoms with E-state index in [4.69, 9.17) is 16.3 Å². The molecule has 7 nitrogen and oxygen atoms in total. The monoisotopic (exact) mass is 447 g/mol. The van der Waals surface area contributed by atoms with Crippen molar-refractivity contribution >= 4 is 39.7 Å². The van der Waals surface area contributed by atoms with Gasteiger partial charge in [-0.3, -0.25) is 4.79 Å². The lowest BCUT2D eigenvalue weighted by molar-refractivity contribution is -0.0579. The molecule has 2 aromatic heterocycles. The third-order valence-corrected chi connectivity index (χ3v) is 5.88. The highest BCUT2D eigenvalue weighted by molar-refractivity contribution is 6.29. The number of alkyl halides is 2. The van der Waals surface area contributed by atoms with Crippen molar-refractivity contribution in [1.82, 2.24) is 14.5 Å². The zero-order chi connectivity index (χ0) is 21.9. The molecule has 1 atom stereocenters. The lowest BCUT2D eigenvalue weighted by atomic mass is 10.0. The highest BCUT2D eigenvalue weighted by Crippen LogP contribution is 2.45. The van der Waals surface area contributed by atoms with Crippen molar-refractivity contribution in [1.29, 1.82) is 0 Å². The van der Waals surface area contributed by atoms with Crippen LogP contribution in [0.3, 0.4) is 0 Å². The van der Waals surface area contributed by atoms with E-state index in [0.717, 1.165) is 12.8 Å². The molecule has 0 spiro atoms. The lowest BCUT2D eigenvalue weighted by Crippen LogP contribution is -2.44. The first-order chi connectivity index (χ1) is 14.7. The van der Waals surface area contributed by atoms with Gasteiger partial charge in [-0.15, -0.1) is 0 Å². The molecule has 1 saturated carbocycles. The van der Waals surface area contributed by atoms with Crippen molar-refractivity contribution in [2.45, 2.75) is 31.7 Å². The molecule has 162 valence electrons. The van der Waals surface area contributed by atoms with Crippen LogP contribution in [0.25, 0.3) is 10.9 Å². The Bertz CT molecular complexity index is 1240. The standard InChI is InChI=1S/C21H20ClF2N5O2/c1-10-25-15(22)8-16(26-10)27-12-5-6-14-13(7-12)17-18(20(30)29(14)2)31-9-21(23,24)19(28-17)11-3-4-11/h5-8,11,19,28H,3-4,9H2,1-2H3,(H,25,26,27)/t19-/m0/s1. The number of hydrogen-bond donors (Lipinski definition) is 2. The first-order valence-corrected chi connectivity index (χ1v) is 10.3. The average Bonchev–Trinajstić information content (AvgIpc) is 3.53. The van der Waals surface area contributed by atoms with Crippen molar-refractivity contribution in [2.75, 3.05) is 17.2 Å². The van der Waals surface area contributed by atoms with Gasteiger partial charge < -0.3 is 19.9 Å². The van der Waals surface area contributed by atoms with Gasteiger partial charge in [0.1, 0.15) is 16.8 Å². The molecule has 3 aromatic rings. The summed E-state index contributed by atoms with van der Waals surface area (Å²) >= 11 is 6.01. The van der Waals surface area contributed by atoms with Crippen molar-refractivity contribution in [2.24, 2.45) is 13.0 Å². The summed E-state index contributed by atoms with van der Waals surface area (Å²) in [7, 11) is 1.59. The molecule has 1 aliphatic carbocycles. The minimum Gasteiger partial charge on any atom is -0.480 e.